The van der Waals surface area contributed by atoms with Crippen molar-refractivity contribution in [2.24, 2.45) is 45.3 Å². The van der Waals surface area contributed by atoms with Crippen LogP contribution in [0.3, 0.4) is 0 Å². The number of aliphatic hydroxyl groups is 2. The molecule has 0 aliphatic rings. The number of amides is 9. The fourth-order valence-electron chi connectivity index (χ4n) is 4.53. The molecule has 54 heavy (non-hydrogen) atoms. The molecule has 0 saturated carbocycles. The summed E-state index contributed by atoms with van der Waals surface area (Å²) in [4.78, 5) is 116. The fraction of sp³-hybridized carbons (Fsp3) is 0.667. The fourth-order valence-corrected chi connectivity index (χ4v) is 4.53. The topological polar surface area (TPSA) is 435 Å². The number of carbonyl (C=O) groups is 9. The molecule has 20 N–H and O–H groups in total. The van der Waals surface area contributed by atoms with Crippen LogP contribution in [-0.4, -0.2) is 131 Å². The minimum Gasteiger partial charge on any atom is -0.394 e. The van der Waals surface area contributed by atoms with Gasteiger partial charge in [0.25, 0.3) is 0 Å². The molecule has 0 rings (SSSR count). The van der Waals surface area contributed by atoms with E-state index in [-0.39, 0.29) is 50.5 Å². The van der Waals surface area contributed by atoms with Crippen LogP contribution in [0.4, 0.5) is 0 Å². The molecule has 0 aliphatic heterocycles. The highest BCUT2D eigenvalue weighted by Gasteiger charge is 2.33. The van der Waals surface area contributed by atoms with E-state index in [1.54, 1.807) is 0 Å². The van der Waals surface area contributed by atoms with Crippen LogP contribution < -0.4 is 66.3 Å². The molecule has 0 aliphatic carbocycles. The molecule has 0 heterocycles. The molecule has 0 aromatic carbocycles. The molecule has 0 aromatic heterocycles. The van der Waals surface area contributed by atoms with Gasteiger partial charge in [-0.25, -0.2) is 0 Å². The normalized spacial score (nSPS) is 14.7. The maximum Gasteiger partial charge on any atom is 0.245 e. The van der Waals surface area contributed by atoms with Crippen LogP contribution in [0.1, 0.15) is 59.3 Å². The molecular formula is C30H55N13O11. The SMILES string of the molecule is CC(C)C[C@H](N)C(=O)N[C@@H](CCC(N)=O)C(=O)N[C@@H](CCCN=C(N)N)C(=O)N[C@@H](CO)C(=O)N[C@@H](C)C(=O)N[C@@H](CC(N)=O)C(=O)N[C@@H](CO)C(N)=O. The monoisotopic (exact) mass is 773 g/mol. The van der Waals surface area contributed by atoms with E-state index in [0.717, 1.165) is 6.92 Å². The molecule has 0 spiro atoms. The Labute approximate surface area is 311 Å². The second-order valence-corrected chi connectivity index (χ2v) is 12.7. The molecular weight excluding hydrogens is 718 g/mol. The quantitative estimate of drug-likeness (QED) is 0.0221. The lowest BCUT2D eigenvalue weighted by atomic mass is 10.0. The number of rotatable bonds is 26. The number of carbonyl (C=O) groups excluding carboxylic acids is 9. The van der Waals surface area contributed by atoms with Gasteiger partial charge in [0.05, 0.1) is 25.7 Å². The summed E-state index contributed by atoms with van der Waals surface area (Å²) in [6, 6.07) is -10.2. The van der Waals surface area contributed by atoms with Crippen molar-refractivity contribution in [3.8, 4) is 0 Å². The first-order valence-corrected chi connectivity index (χ1v) is 16.8. The molecule has 7 atom stereocenters. The Morgan fingerprint density at radius 1 is 0.574 bits per heavy atom. The number of nitrogens with two attached hydrogens (primary N) is 6. The van der Waals surface area contributed by atoms with Gasteiger partial charge in [-0.2, -0.15) is 0 Å². The smallest absolute Gasteiger partial charge is 0.245 e. The molecule has 0 saturated heterocycles. The standard InChI is InChI=1S/C30H55N13O11/c1-13(2)9-15(31)25(50)39-17(6-7-21(32)46)27(52)40-16(5-4-8-37-30(35)36)26(51)43-20(12-45)29(54)38-14(3)24(49)41-18(10-22(33)47)28(53)42-19(11-44)23(34)48/h13-20,44-45H,4-12,31H2,1-3H3,(H2,32,46)(H2,33,47)(H2,34,48)(H,38,54)(H,39,50)(H,40,52)(H,41,49)(H,42,53)(H,43,51)(H4,35,36,37)/t14-,15-,16-,17-,18-,19-,20-/m0/s1. The van der Waals surface area contributed by atoms with E-state index in [4.69, 9.17) is 34.4 Å². The maximum atomic E-state index is 13.4. The molecule has 24 heteroatoms. The van der Waals surface area contributed by atoms with Crippen molar-refractivity contribution in [2.75, 3.05) is 19.8 Å². The van der Waals surface area contributed by atoms with Crippen molar-refractivity contribution >= 4 is 59.1 Å². The van der Waals surface area contributed by atoms with Gasteiger partial charge >= 0.3 is 0 Å². The van der Waals surface area contributed by atoms with Crippen LogP contribution in [-0.2, 0) is 43.2 Å². The number of hydrogen-bond donors (Lipinski definition) is 14. The first kappa shape index (κ1) is 48.4. The third-order valence-electron chi connectivity index (χ3n) is 7.40. The Morgan fingerprint density at radius 2 is 1.04 bits per heavy atom. The maximum absolute atomic E-state index is 13.4. The second kappa shape index (κ2) is 24.6. The summed E-state index contributed by atoms with van der Waals surface area (Å²) >= 11 is 0. The summed E-state index contributed by atoms with van der Waals surface area (Å²) < 4.78 is 0. The molecule has 9 amide bonds. The molecule has 0 bridgehead atoms. The van der Waals surface area contributed by atoms with Gasteiger partial charge in [-0.3, -0.25) is 48.1 Å². The lowest BCUT2D eigenvalue weighted by molar-refractivity contribution is -0.136. The van der Waals surface area contributed by atoms with Gasteiger partial charge < -0.3 is 76.5 Å². The van der Waals surface area contributed by atoms with Crippen LogP contribution >= 0.6 is 0 Å². The lowest BCUT2D eigenvalue weighted by Gasteiger charge is -2.26. The number of nitrogens with one attached hydrogen (secondary N) is 6. The Balaban J connectivity index is 5.98. The van der Waals surface area contributed by atoms with Gasteiger partial charge in [0.2, 0.25) is 53.2 Å². The third kappa shape index (κ3) is 19.3. The van der Waals surface area contributed by atoms with Gasteiger partial charge in [-0.05, 0) is 38.5 Å². The van der Waals surface area contributed by atoms with Gasteiger partial charge in [0.15, 0.2) is 5.96 Å². The first-order chi connectivity index (χ1) is 25.1. The van der Waals surface area contributed by atoms with Crippen LogP contribution in [0.25, 0.3) is 0 Å². The van der Waals surface area contributed by atoms with E-state index in [2.05, 4.69) is 31.6 Å². The molecule has 0 aromatic rings. The molecule has 306 valence electrons. The summed E-state index contributed by atoms with van der Waals surface area (Å²) in [6.07, 6.45) is -1.06. The third-order valence-corrected chi connectivity index (χ3v) is 7.40. The highest BCUT2D eigenvalue weighted by Crippen LogP contribution is 2.07. The largest absolute Gasteiger partial charge is 0.394 e. The van der Waals surface area contributed by atoms with Crippen LogP contribution in [0.2, 0.25) is 0 Å². The van der Waals surface area contributed by atoms with Crippen LogP contribution in [0.5, 0.6) is 0 Å². The average molecular weight is 774 g/mol. The molecule has 24 nitrogen and oxygen atoms in total. The predicted molar refractivity (Wildman–Crippen MR) is 190 cm³/mol. The second-order valence-electron chi connectivity index (χ2n) is 12.7. The van der Waals surface area contributed by atoms with Crippen molar-refractivity contribution < 1.29 is 53.4 Å². The molecule has 0 unspecified atom stereocenters. The Morgan fingerprint density at radius 3 is 1.52 bits per heavy atom. The van der Waals surface area contributed by atoms with Crippen molar-refractivity contribution in [2.45, 2.75) is 102 Å². The lowest BCUT2D eigenvalue weighted by Crippen LogP contribution is -2.60. The average Bonchev–Trinajstić information content (AvgIpc) is 3.07. The van der Waals surface area contributed by atoms with E-state index in [9.17, 15) is 53.4 Å². The zero-order chi connectivity index (χ0) is 41.7. The van der Waals surface area contributed by atoms with Gasteiger partial charge in [0, 0.05) is 13.0 Å². The Bertz CT molecular complexity index is 1370. The summed E-state index contributed by atoms with van der Waals surface area (Å²) in [5, 5.41) is 32.8. The zero-order valence-electron chi connectivity index (χ0n) is 30.5. The minimum absolute atomic E-state index is 0.0162. The van der Waals surface area contributed by atoms with E-state index < -0.39 is 115 Å². The summed E-state index contributed by atoms with van der Waals surface area (Å²) in [6.45, 7) is 2.94. The van der Waals surface area contributed by atoms with Crippen molar-refractivity contribution in [3.05, 3.63) is 0 Å². The van der Waals surface area contributed by atoms with Gasteiger partial charge in [-0.1, -0.05) is 13.8 Å². The van der Waals surface area contributed by atoms with Gasteiger partial charge in [-0.15, -0.1) is 0 Å². The molecule has 0 fully saturated rings. The zero-order valence-corrected chi connectivity index (χ0v) is 30.5. The number of guanidine groups is 1. The number of primary amides is 3. The van der Waals surface area contributed by atoms with Crippen molar-refractivity contribution in [3.63, 3.8) is 0 Å². The van der Waals surface area contributed by atoms with E-state index in [1.807, 2.05) is 19.2 Å². The van der Waals surface area contributed by atoms with Crippen molar-refractivity contribution in [1.29, 1.82) is 0 Å². The Kier molecular flexibility index (Phi) is 22.0. The summed E-state index contributed by atoms with van der Waals surface area (Å²) in [7, 11) is 0. The number of nitrogens with zero attached hydrogens (tertiary/aromatic N) is 1. The summed E-state index contributed by atoms with van der Waals surface area (Å²) in [5.74, 6) is -8.99. The van der Waals surface area contributed by atoms with E-state index in [0.29, 0.717) is 0 Å². The van der Waals surface area contributed by atoms with Crippen LogP contribution in [0, 0.1) is 5.92 Å². The number of aliphatic hydroxyl groups excluding tert-OH is 2. The predicted octanol–water partition coefficient (Wildman–Crippen LogP) is -8.05. The van der Waals surface area contributed by atoms with Crippen molar-refractivity contribution in [1.82, 2.24) is 31.9 Å². The van der Waals surface area contributed by atoms with Crippen LogP contribution in [0.15, 0.2) is 4.99 Å². The summed E-state index contributed by atoms with van der Waals surface area (Å²) in [5.41, 5.74) is 32.1. The first-order valence-electron chi connectivity index (χ1n) is 16.8. The van der Waals surface area contributed by atoms with Gasteiger partial charge in [0.1, 0.15) is 36.3 Å². The number of aliphatic imine (C=N–C) groups is 1. The number of hydrogen-bond acceptors (Lipinski definition) is 13. The van der Waals surface area contributed by atoms with E-state index in [1.165, 1.54) is 0 Å². The highest BCUT2D eigenvalue weighted by molar-refractivity contribution is 5.98. The van der Waals surface area contributed by atoms with E-state index >= 15 is 0 Å². The minimum atomic E-state index is -1.71. The molecule has 0 radical (unpaired) electrons. The highest BCUT2D eigenvalue weighted by atomic mass is 16.3. The Hall–Kier alpha value is -5.62.